The van der Waals surface area contributed by atoms with Gasteiger partial charge in [-0.2, -0.15) is 0 Å². The quantitative estimate of drug-likeness (QED) is 0.165. The molecule has 0 unspecified atom stereocenters. The fourth-order valence-corrected chi connectivity index (χ4v) is 16.2. The molecular formula is C66H79BN2O. The van der Waals surface area contributed by atoms with Crippen LogP contribution in [-0.4, -0.2) is 6.71 Å². The molecule has 0 atom stereocenters. The highest BCUT2D eigenvalue weighted by Gasteiger charge is 2.54. The number of anilines is 6. The number of rotatable bonds is 3. The number of hydrogen-bond acceptors (Lipinski definition) is 3. The highest BCUT2D eigenvalue weighted by Crippen LogP contribution is 2.62. The molecule has 3 nitrogen and oxygen atoms in total. The Morgan fingerprint density at radius 2 is 1.00 bits per heavy atom. The average Bonchev–Trinajstić information content (AvgIpc) is 3.66. The fourth-order valence-electron chi connectivity index (χ4n) is 16.2. The largest absolute Gasteiger partial charge is 0.468 e. The molecule has 0 spiro atoms. The van der Waals surface area contributed by atoms with Gasteiger partial charge in [-0.05, 0) is 224 Å². The van der Waals surface area contributed by atoms with Crippen molar-refractivity contribution >= 4 is 68.4 Å². The molecule has 4 fully saturated rings. The van der Waals surface area contributed by atoms with Crippen LogP contribution in [-0.2, 0) is 37.9 Å². The Kier molecular flexibility index (Phi) is 9.22. The molecule has 3 heterocycles. The first-order chi connectivity index (χ1) is 32.8. The Hall–Kier alpha value is -4.70. The first-order valence-electron chi connectivity index (χ1n) is 27.6. The number of hydrogen-bond donors (Lipinski definition) is 0. The molecule has 6 aliphatic carbocycles. The minimum absolute atomic E-state index is 0.0307. The molecule has 2 aliphatic heterocycles. The maximum Gasteiger partial charge on any atom is 0.297 e. The van der Waals surface area contributed by atoms with Crippen molar-refractivity contribution in [3.63, 3.8) is 0 Å². The van der Waals surface area contributed by atoms with Gasteiger partial charge < -0.3 is 14.2 Å². The summed E-state index contributed by atoms with van der Waals surface area (Å²) in [6, 6.07) is 35.3. The third-order valence-corrected chi connectivity index (χ3v) is 20.2. The van der Waals surface area contributed by atoms with Gasteiger partial charge in [-0.1, -0.05) is 127 Å². The Morgan fingerprint density at radius 3 is 1.57 bits per heavy atom. The Labute approximate surface area is 421 Å². The van der Waals surface area contributed by atoms with Gasteiger partial charge in [0.05, 0.1) is 11.3 Å². The van der Waals surface area contributed by atoms with Gasteiger partial charge in [0, 0.05) is 33.8 Å². The number of fused-ring (bicyclic) bond motifs is 8. The van der Waals surface area contributed by atoms with E-state index < -0.39 is 0 Å². The second-order valence-electron chi connectivity index (χ2n) is 29.0. The van der Waals surface area contributed by atoms with Crippen LogP contribution in [0.4, 0.5) is 34.1 Å². The van der Waals surface area contributed by atoms with E-state index in [1.54, 1.807) is 5.56 Å². The van der Waals surface area contributed by atoms with Crippen LogP contribution in [0.2, 0.25) is 0 Å². The second-order valence-corrected chi connectivity index (χ2v) is 29.0. The molecule has 14 rings (SSSR count). The van der Waals surface area contributed by atoms with Crippen LogP contribution < -0.4 is 26.4 Å². The van der Waals surface area contributed by atoms with Gasteiger partial charge in [0.25, 0.3) is 6.71 Å². The second kappa shape index (κ2) is 14.3. The molecule has 4 heteroatoms. The Balaban J connectivity index is 1.17. The monoisotopic (exact) mass is 927 g/mol. The predicted octanol–water partition coefficient (Wildman–Crippen LogP) is 16.3. The molecule has 1 aromatic heterocycles. The number of furan rings is 1. The van der Waals surface area contributed by atoms with Crippen molar-refractivity contribution in [3.8, 4) is 0 Å². The van der Waals surface area contributed by atoms with Gasteiger partial charge in [-0.3, -0.25) is 0 Å². The zero-order chi connectivity index (χ0) is 49.0. The molecule has 5 aromatic carbocycles. The fraction of sp³-hybridized carbons (Fsp3) is 0.515. The van der Waals surface area contributed by atoms with Crippen molar-refractivity contribution in [2.24, 2.45) is 17.8 Å². The first kappa shape index (κ1) is 45.2. The molecule has 6 aromatic rings. The van der Waals surface area contributed by atoms with E-state index in [1.807, 2.05) is 0 Å². The predicted molar refractivity (Wildman–Crippen MR) is 298 cm³/mol. The molecule has 0 radical (unpaired) electrons. The number of benzene rings is 5. The molecule has 70 heavy (non-hydrogen) atoms. The summed E-state index contributed by atoms with van der Waals surface area (Å²) in [5, 5.41) is 1.26. The van der Waals surface area contributed by atoms with E-state index in [1.165, 1.54) is 148 Å². The SMILES string of the molecule is CC(C)(C)c1ccc(N2c3ccc(C(C)(C)C)cc3B3c4oc5cc6c(cc5c4N(c4ccc5c(c4)C(C)(C)CCC5(C)C)c4cc(C57CC8CC(CC(C8)C5)C7)cc2c43)C(C)(C)CCC6(C)C)cc1. The van der Waals surface area contributed by atoms with E-state index in [0.717, 1.165) is 29.0 Å². The summed E-state index contributed by atoms with van der Waals surface area (Å²) in [4.78, 5) is 5.44. The molecule has 4 bridgehead atoms. The molecular weight excluding hydrogens is 848 g/mol. The van der Waals surface area contributed by atoms with E-state index in [0.29, 0.717) is 0 Å². The number of nitrogens with zero attached hydrogens (tertiary/aromatic N) is 2. The lowest BCUT2D eigenvalue weighted by Gasteiger charge is -2.57. The third-order valence-electron chi connectivity index (χ3n) is 20.2. The van der Waals surface area contributed by atoms with Crippen LogP contribution >= 0.6 is 0 Å². The summed E-state index contributed by atoms with van der Waals surface area (Å²) in [6.07, 6.45) is 13.0. The summed E-state index contributed by atoms with van der Waals surface area (Å²) >= 11 is 0. The summed E-state index contributed by atoms with van der Waals surface area (Å²) in [7, 11) is 0. The van der Waals surface area contributed by atoms with Gasteiger partial charge in [0.2, 0.25) is 0 Å². The van der Waals surface area contributed by atoms with E-state index in [4.69, 9.17) is 4.42 Å². The summed E-state index contributed by atoms with van der Waals surface area (Å²) in [5.41, 5.74) is 23.4. The normalized spacial score (nSPS) is 26.1. The molecule has 4 saturated carbocycles. The lowest BCUT2D eigenvalue weighted by Crippen LogP contribution is -2.61. The van der Waals surface area contributed by atoms with Gasteiger partial charge in [0.15, 0.2) is 0 Å². The molecule has 0 amide bonds. The van der Waals surface area contributed by atoms with Crippen LogP contribution in [0, 0.1) is 17.8 Å². The molecule has 0 N–H and O–H groups in total. The summed E-state index contributed by atoms with van der Waals surface area (Å²) in [6.45, 7) is 33.9. The Bertz CT molecular complexity index is 3140. The van der Waals surface area contributed by atoms with Crippen molar-refractivity contribution in [1.29, 1.82) is 0 Å². The minimum Gasteiger partial charge on any atom is -0.468 e. The van der Waals surface area contributed by atoms with Crippen LogP contribution in [0.25, 0.3) is 11.0 Å². The first-order valence-corrected chi connectivity index (χ1v) is 27.6. The lowest BCUT2D eigenvalue weighted by molar-refractivity contribution is -0.00514. The summed E-state index contributed by atoms with van der Waals surface area (Å²) in [5.74, 6) is 2.53. The smallest absolute Gasteiger partial charge is 0.297 e. The van der Waals surface area contributed by atoms with Crippen molar-refractivity contribution in [1.82, 2.24) is 0 Å². The van der Waals surface area contributed by atoms with Crippen LogP contribution in [0.15, 0.2) is 89.3 Å². The average molecular weight is 927 g/mol. The third kappa shape index (κ3) is 6.51. The highest BCUT2D eigenvalue weighted by atomic mass is 16.3. The van der Waals surface area contributed by atoms with E-state index in [-0.39, 0.29) is 44.6 Å². The van der Waals surface area contributed by atoms with Crippen LogP contribution in [0.1, 0.15) is 200 Å². The Morgan fingerprint density at radius 1 is 0.500 bits per heavy atom. The van der Waals surface area contributed by atoms with E-state index in [9.17, 15) is 0 Å². The standard InChI is InChI=1S/C66H79BN2O/c1-60(2,3)42-15-18-45(19-16-42)68-53-22-17-43(61(4,5)6)30-52(53)67-57-54(68)31-44(66-36-39-27-40(37-66)29-41(28-39)38-66)32-55(57)69(46-20-21-48-49(33-46)63(9,10)24-23-62(48,7)8)58-47-34-50-51(35-56(47)70-59(58)67)65(13,14)26-25-64(50,11)12/h15-22,30-35,39-41H,23-29,36-38H2,1-14H3. The zero-order valence-electron chi connectivity index (χ0n) is 45.3. The minimum atomic E-state index is -0.0810. The lowest BCUT2D eigenvalue weighted by atomic mass is 9.35. The van der Waals surface area contributed by atoms with Crippen LogP contribution in [0.3, 0.4) is 0 Å². The zero-order valence-corrected chi connectivity index (χ0v) is 45.3. The molecule has 362 valence electrons. The van der Waals surface area contributed by atoms with Crippen molar-refractivity contribution in [2.75, 3.05) is 9.80 Å². The summed E-state index contributed by atoms with van der Waals surface area (Å²) < 4.78 is 7.75. The van der Waals surface area contributed by atoms with Crippen LogP contribution in [0.5, 0.6) is 0 Å². The topological polar surface area (TPSA) is 19.6 Å². The highest BCUT2D eigenvalue weighted by molar-refractivity contribution is 7.00. The maximum absolute atomic E-state index is 7.75. The van der Waals surface area contributed by atoms with E-state index in [2.05, 4.69) is 192 Å². The van der Waals surface area contributed by atoms with E-state index >= 15 is 0 Å². The van der Waals surface area contributed by atoms with Crippen molar-refractivity contribution < 1.29 is 4.42 Å². The van der Waals surface area contributed by atoms with Crippen molar-refractivity contribution in [2.45, 2.75) is 199 Å². The van der Waals surface area contributed by atoms with Gasteiger partial charge in [-0.15, -0.1) is 0 Å². The van der Waals surface area contributed by atoms with Gasteiger partial charge >= 0.3 is 0 Å². The van der Waals surface area contributed by atoms with Gasteiger partial charge in [-0.25, -0.2) is 0 Å². The van der Waals surface area contributed by atoms with Crippen molar-refractivity contribution in [3.05, 3.63) is 124 Å². The molecule has 8 aliphatic rings. The maximum atomic E-state index is 7.75. The molecule has 0 saturated heterocycles. The van der Waals surface area contributed by atoms with Gasteiger partial charge in [0.1, 0.15) is 5.58 Å².